The van der Waals surface area contributed by atoms with E-state index in [4.69, 9.17) is 9.69 Å². The summed E-state index contributed by atoms with van der Waals surface area (Å²) in [6.07, 6.45) is 7.74. The van der Waals surface area contributed by atoms with E-state index in [0.717, 1.165) is 31.4 Å². The molecule has 3 aliphatic carbocycles. The summed E-state index contributed by atoms with van der Waals surface area (Å²) in [6.45, 7) is 14.3. The van der Waals surface area contributed by atoms with Crippen molar-refractivity contribution in [2.45, 2.75) is 96.0 Å². The van der Waals surface area contributed by atoms with Gasteiger partial charge in [-0.15, -0.1) is 0 Å². The number of hydrogen-bond acceptors (Lipinski definition) is 5. The lowest BCUT2D eigenvalue weighted by Gasteiger charge is -2.54. The fourth-order valence-corrected chi connectivity index (χ4v) is 8.45. The van der Waals surface area contributed by atoms with Crippen LogP contribution in [0.2, 0.25) is 18.1 Å². The van der Waals surface area contributed by atoms with Crippen LogP contribution in [0.5, 0.6) is 5.75 Å². The van der Waals surface area contributed by atoms with Crippen LogP contribution < -0.4 is 4.43 Å². The maximum Gasteiger partial charge on any atom is 0.250 e. The van der Waals surface area contributed by atoms with Crippen molar-refractivity contribution in [3.8, 4) is 11.8 Å². The molecule has 34 heavy (non-hydrogen) atoms. The average molecular weight is 480 g/mol. The van der Waals surface area contributed by atoms with Crippen molar-refractivity contribution in [3.63, 3.8) is 0 Å². The van der Waals surface area contributed by atoms with Gasteiger partial charge in [-0.3, -0.25) is 5.01 Å². The van der Waals surface area contributed by atoms with Crippen molar-refractivity contribution in [1.82, 2.24) is 5.01 Å². The lowest BCUT2D eigenvalue weighted by molar-refractivity contribution is -0.199. The Balaban J connectivity index is 1.40. The van der Waals surface area contributed by atoms with Gasteiger partial charge in [-0.1, -0.05) is 33.8 Å². The summed E-state index contributed by atoms with van der Waals surface area (Å²) in [7, 11) is -1.86. The first-order chi connectivity index (χ1) is 15.9. The van der Waals surface area contributed by atoms with E-state index >= 15 is 0 Å². The normalized spacial score (nSPS) is 36.4. The smallest absolute Gasteiger partial charge is 0.250 e. The van der Waals surface area contributed by atoms with Gasteiger partial charge in [0.25, 0.3) is 0 Å². The van der Waals surface area contributed by atoms with E-state index in [9.17, 15) is 5.11 Å². The molecular weight excluding hydrogens is 438 g/mol. The molecule has 5 rings (SSSR count). The van der Waals surface area contributed by atoms with Gasteiger partial charge in [0, 0.05) is 17.5 Å². The molecule has 0 aromatic heterocycles. The highest BCUT2D eigenvalue weighted by Crippen LogP contribution is 2.67. The number of fused-ring (bicyclic) bond motifs is 7. The topological polar surface area (TPSA) is 68.8 Å². The van der Waals surface area contributed by atoms with Crippen molar-refractivity contribution in [1.29, 1.82) is 5.26 Å². The molecule has 1 heterocycles. The lowest BCUT2D eigenvalue weighted by atomic mass is 9.54. The molecule has 5 nitrogen and oxygen atoms in total. The number of aliphatic hydroxyl groups is 1. The van der Waals surface area contributed by atoms with Crippen molar-refractivity contribution in [3.05, 3.63) is 29.3 Å². The van der Waals surface area contributed by atoms with Crippen molar-refractivity contribution >= 4 is 14.5 Å². The van der Waals surface area contributed by atoms with Crippen LogP contribution in [0, 0.1) is 34.5 Å². The predicted octanol–water partition coefficient (Wildman–Crippen LogP) is 6.06. The maximum absolute atomic E-state index is 12.0. The molecule has 0 radical (unpaired) electrons. The van der Waals surface area contributed by atoms with Gasteiger partial charge >= 0.3 is 0 Å². The minimum Gasteiger partial charge on any atom is -0.543 e. The Kier molecular flexibility index (Phi) is 5.50. The van der Waals surface area contributed by atoms with Crippen molar-refractivity contribution < 1.29 is 9.53 Å². The third-order valence-corrected chi connectivity index (χ3v) is 14.7. The van der Waals surface area contributed by atoms with Crippen LogP contribution in [0.4, 0.5) is 0 Å². The molecule has 2 fully saturated rings. The number of nitriles is 1. The van der Waals surface area contributed by atoms with Crippen LogP contribution in [-0.2, 0) is 6.42 Å². The van der Waals surface area contributed by atoms with Gasteiger partial charge in [-0.25, -0.2) is 0 Å². The van der Waals surface area contributed by atoms with Gasteiger partial charge in [-0.2, -0.15) is 10.4 Å². The standard InChI is InChI=1S/C28H41N3O2Si/c1-26(2,3)34(5,6)33-21-9-11-22-19(16-21)8-10-24-23(22)12-13-27(4)25(24)17-20-18-30-31(15-7-14-29)28(20,27)32/h9,11,16,18,20,23-25,32H,7-8,10,12-13,15,17H2,1-6H3/t20?,23-,24-,25+,27+,28?/m1/s1. The van der Waals surface area contributed by atoms with Crippen molar-refractivity contribution in [2.24, 2.45) is 28.3 Å². The van der Waals surface area contributed by atoms with Gasteiger partial charge in [-0.05, 0) is 91.2 Å². The zero-order chi connectivity index (χ0) is 24.5. The highest BCUT2D eigenvalue weighted by molar-refractivity contribution is 6.74. The summed E-state index contributed by atoms with van der Waals surface area (Å²) in [4.78, 5) is 0. The summed E-state index contributed by atoms with van der Waals surface area (Å²) in [6, 6.07) is 9.11. The average Bonchev–Trinajstić information content (AvgIpc) is 3.20. The van der Waals surface area contributed by atoms with Gasteiger partial charge in [0.15, 0.2) is 5.72 Å². The van der Waals surface area contributed by atoms with E-state index in [0.29, 0.717) is 30.7 Å². The Morgan fingerprint density at radius 2 is 2.06 bits per heavy atom. The van der Waals surface area contributed by atoms with Crippen molar-refractivity contribution in [2.75, 3.05) is 6.54 Å². The highest BCUT2D eigenvalue weighted by atomic mass is 28.4. The molecule has 0 bridgehead atoms. The van der Waals surface area contributed by atoms with Crippen LogP contribution in [0.25, 0.3) is 0 Å². The van der Waals surface area contributed by atoms with Gasteiger partial charge in [0.1, 0.15) is 5.75 Å². The number of hydrazone groups is 1. The Morgan fingerprint density at radius 3 is 2.76 bits per heavy atom. The monoisotopic (exact) mass is 479 g/mol. The largest absolute Gasteiger partial charge is 0.543 e. The second-order valence-electron chi connectivity index (χ2n) is 13.0. The Morgan fingerprint density at radius 1 is 1.29 bits per heavy atom. The molecule has 1 aromatic carbocycles. The van der Waals surface area contributed by atoms with Crippen LogP contribution >= 0.6 is 0 Å². The van der Waals surface area contributed by atoms with E-state index in [2.05, 4.69) is 70.2 Å². The molecule has 4 aliphatic rings. The Hall–Kier alpha value is -1.84. The molecule has 2 unspecified atom stereocenters. The summed E-state index contributed by atoms with van der Waals surface area (Å²) in [5, 5.41) is 27.7. The molecule has 184 valence electrons. The number of rotatable bonds is 4. The van der Waals surface area contributed by atoms with Crippen LogP contribution in [0.1, 0.15) is 76.8 Å². The minimum atomic E-state index is -1.86. The Labute approximate surface area is 206 Å². The third kappa shape index (κ3) is 3.30. The van der Waals surface area contributed by atoms with Gasteiger partial charge in [0.05, 0.1) is 19.0 Å². The summed E-state index contributed by atoms with van der Waals surface area (Å²) in [5.74, 6) is 2.75. The molecule has 0 saturated heterocycles. The van der Waals surface area contributed by atoms with E-state index in [1.165, 1.54) is 17.5 Å². The van der Waals surface area contributed by atoms with E-state index < -0.39 is 14.0 Å². The second-order valence-corrected chi connectivity index (χ2v) is 17.7. The first-order valence-corrected chi connectivity index (χ1v) is 16.1. The zero-order valence-electron chi connectivity index (χ0n) is 21.8. The molecule has 2 saturated carbocycles. The van der Waals surface area contributed by atoms with Crippen LogP contribution in [0.3, 0.4) is 0 Å². The summed E-state index contributed by atoms with van der Waals surface area (Å²) < 4.78 is 6.62. The Bertz CT molecular complexity index is 1040. The molecule has 0 amide bonds. The first kappa shape index (κ1) is 23.9. The van der Waals surface area contributed by atoms with Crippen LogP contribution in [0.15, 0.2) is 23.3 Å². The number of aryl methyl sites for hydroxylation is 1. The summed E-state index contributed by atoms with van der Waals surface area (Å²) >= 11 is 0. The first-order valence-electron chi connectivity index (χ1n) is 13.2. The quantitative estimate of drug-likeness (QED) is 0.533. The fourth-order valence-electron chi connectivity index (χ4n) is 7.43. The molecule has 6 heteroatoms. The third-order valence-electron chi connectivity index (χ3n) is 10.3. The fraction of sp³-hybridized carbons (Fsp3) is 0.714. The number of nitrogens with zero attached hydrogens (tertiary/aromatic N) is 3. The maximum atomic E-state index is 12.0. The van der Waals surface area contributed by atoms with E-state index in [1.54, 1.807) is 0 Å². The zero-order valence-corrected chi connectivity index (χ0v) is 22.8. The lowest BCUT2D eigenvalue weighted by Crippen LogP contribution is -2.59. The van der Waals surface area contributed by atoms with E-state index in [-0.39, 0.29) is 16.4 Å². The molecule has 1 aliphatic heterocycles. The SMILES string of the molecule is CC(C)(C)[Si](C)(C)Oc1ccc2c(c1)CC[C@@H]1[C@@H]2CC[C@@]2(C)[C@H]1CC1C=NN(CCC#N)C12O. The highest BCUT2D eigenvalue weighted by Gasteiger charge is 2.69. The number of hydrogen-bond donors (Lipinski definition) is 1. The minimum absolute atomic E-state index is 0.0710. The number of benzene rings is 1. The van der Waals surface area contributed by atoms with Crippen LogP contribution in [-0.4, -0.2) is 36.9 Å². The van der Waals surface area contributed by atoms with Gasteiger partial charge in [0.2, 0.25) is 8.32 Å². The molecule has 1 aromatic rings. The summed E-state index contributed by atoms with van der Waals surface area (Å²) in [5.41, 5.74) is 1.85. The van der Waals surface area contributed by atoms with Gasteiger partial charge < -0.3 is 9.53 Å². The second kappa shape index (κ2) is 7.83. The predicted molar refractivity (Wildman–Crippen MR) is 138 cm³/mol. The molecule has 6 atom stereocenters. The molecule has 0 spiro atoms. The molecular formula is C28H41N3O2Si. The molecule has 1 N–H and O–H groups in total. The van der Waals surface area contributed by atoms with E-state index in [1.807, 2.05) is 11.2 Å².